The van der Waals surface area contributed by atoms with Crippen molar-refractivity contribution in [2.75, 3.05) is 24.1 Å². The van der Waals surface area contributed by atoms with Gasteiger partial charge in [-0.05, 0) is 13.0 Å². The van der Waals surface area contributed by atoms with Gasteiger partial charge in [-0.2, -0.15) is 4.98 Å². The predicted molar refractivity (Wildman–Crippen MR) is 78.0 cm³/mol. The lowest BCUT2D eigenvalue weighted by molar-refractivity contribution is 0.0960. The molecule has 0 aromatic carbocycles. The molecular weight excluding hydrogens is 278 g/mol. The highest BCUT2D eigenvalue weighted by Gasteiger charge is 2.13. The number of rotatable bonds is 6. The molecule has 2 heterocycles. The maximum atomic E-state index is 11.7. The number of aromatic nitrogens is 2. The monoisotopic (exact) mass is 295 g/mol. The number of nitrogens with one attached hydrogen (secondary N) is 2. The maximum absolute atomic E-state index is 11.7. The molecule has 4 N–H and O–H groups in total. The highest BCUT2D eigenvalue weighted by molar-refractivity contribution is 7.18. The summed E-state index contributed by atoms with van der Waals surface area (Å²) in [6.07, 6.45) is 0.644. The Labute approximate surface area is 120 Å². The van der Waals surface area contributed by atoms with Crippen LogP contribution < -0.4 is 16.4 Å². The molecular formula is C12H17N5O2S. The van der Waals surface area contributed by atoms with Crippen LogP contribution in [-0.4, -0.2) is 29.1 Å². The molecule has 20 heavy (non-hydrogen) atoms. The fourth-order valence-electron chi connectivity index (χ4n) is 1.65. The van der Waals surface area contributed by atoms with Gasteiger partial charge in [-0.1, -0.05) is 5.16 Å². The lowest BCUT2D eigenvalue weighted by atomic mass is 10.3. The molecule has 108 valence electrons. The van der Waals surface area contributed by atoms with E-state index < -0.39 is 0 Å². The molecule has 0 atom stereocenters. The Bertz CT molecular complexity index is 592. The number of nitrogens with zero attached hydrogens (tertiary/aromatic N) is 2. The number of hydrogen-bond acceptors (Lipinski definition) is 7. The first-order valence-corrected chi connectivity index (χ1v) is 7.12. The van der Waals surface area contributed by atoms with Crippen LogP contribution in [0.4, 0.5) is 10.7 Å². The van der Waals surface area contributed by atoms with Crippen molar-refractivity contribution in [2.24, 2.45) is 0 Å². The number of carbonyl (C=O) groups is 1. The van der Waals surface area contributed by atoms with Crippen LogP contribution in [-0.2, 0) is 6.42 Å². The lowest BCUT2D eigenvalue weighted by Gasteiger charge is -2.00. The molecule has 0 aliphatic rings. The van der Waals surface area contributed by atoms with Crippen molar-refractivity contribution in [3.63, 3.8) is 0 Å². The molecule has 2 aromatic rings. The molecule has 2 rings (SSSR count). The zero-order chi connectivity index (χ0) is 14.5. The van der Waals surface area contributed by atoms with Gasteiger partial charge in [0.25, 0.3) is 5.91 Å². The Kier molecular flexibility index (Phi) is 4.57. The second-order valence-electron chi connectivity index (χ2n) is 4.16. The van der Waals surface area contributed by atoms with E-state index in [2.05, 4.69) is 20.8 Å². The molecule has 0 spiro atoms. The van der Waals surface area contributed by atoms with Crippen molar-refractivity contribution in [3.05, 3.63) is 22.7 Å². The van der Waals surface area contributed by atoms with Crippen molar-refractivity contribution >= 4 is 27.9 Å². The highest BCUT2D eigenvalue weighted by Crippen LogP contribution is 2.28. The zero-order valence-corrected chi connectivity index (χ0v) is 12.2. The normalized spacial score (nSPS) is 10.5. The zero-order valence-electron chi connectivity index (χ0n) is 11.4. The minimum Gasteiger partial charge on any atom is -0.397 e. The van der Waals surface area contributed by atoms with Crippen LogP contribution in [0.25, 0.3) is 0 Å². The van der Waals surface area contributed by atoms with E-state index in [1.54, 1.807) is 13.0 Å². The van der Waals surface area contributed by atoms with Crippen molar-refractivity contribution in [1.82, 2.24) is 15.5 Å². The summed E-state index contributed by atoms with van der Waals surface area (Å²) in [4.78, 5) is 16.4. The van der Waals surface area contributed by atoms with Gasteiger partial charge in [0.2, 0.25) is 5.89 Å². The number of hydrogen-bond donors (Lipinski definition) is 3. The van der Waals surface area contributed by atoms with E-state index in [1.165, 1.54) is 11.3 Å². The minimum atomic E-state index is -0.142. The molecule has 0 radical (unpaired) electrons. The Balaban J connectivity index is 1.90. The van der Waals surface area contributed by atoms with Crippen LogP contribution in [0, 0.1) is 6.92 Å². The van der Waals surface area contributed by atoms with E-state index in [9.17, 15) is 4.79 Å². The summed E-state index contributed by atoms with van der Waals surface area (Å²) in [5, 5.41) is 10.6. The standard InChI is InChI=1S/C12H17N5O2S/c1-3-14-12(18)11-8(13)6-10(20-11)15-5-4-9-16-7(2)19-17-9/h6,15H,3-5,13H2,1-2H3,(H,14,18). The highest BCUT2D eigenvalue weighted by atomic mass is 32.1. The SMILES string of the molecule is CCNC(=O)c1sc(NCCc2noc(C)n2)cc1N. The first-order valence-electron chi connectivity index (χ1n) is 6.30. The van der Waals surface area contributed by atoms with Crippen molar-refractivity contribution in [1.29, 1.82) is 0 Å². The van der Waals surface area contributed by atoms with Gasteiger partial charge in [0, 0.05) is 26.4 Å². The molecule has 0 bridgehead atoms. The van der Waals surface area contributed by atoms with Gasteiger partial charge in [-0.15, -0.1) is 11.3 Å². The van der Waals surface area contributed by atoms with Crippen LogP contribution >= 0.6 is 11.3 Å². The summed E-state index contributed by atoms with van der Waals surface area (Å²) >= 11 is 1.34. The Morgan fingerprint density at radius 1 is 1.55 bits per heavy atom. The van der Waals surface area contributed by atoms with E-state index in [0.717, 1.165) is 5.00 Å². The van der Waals surface area contributed by atoms with Crippen molar-refractivity contribution in [3.8, 4) is 0 Å². The van der Waals surface area contributed by atoms with Crippen LogP contribution in [0.1, 0.15) is 28.3 Å². The van der Waals surface area contributed by atoms with E-state index >= 15 is 0 Å². The predicted octanol–water partition coefficient (Wildman–Crippen LogP) is 1.43. The molecule has 8 heteroatoms. The number of aryl methyl sites for hydroxylation is 1. The molecule has 2 aromatic heterocycles. The summed E-state index contributed by atoms with van der Waals surface area (Å²) in [6.45, 7) is 4.85. The maximum Gasteiger partial charge on any atom is 0.263 e. The fraction of sp³-hybridized carbons (Fsp3) is 0.417. The molecule has 0 saturated heterocycles. The second kappa shape index (κ2) is 6.38. The van der Waals surface area contributed by atoms with E-state index in [1.807, 2.05) is 6.92 Å². The van der Waals surface area contributed by atoms with Gasteiger partial charge in [-0.3, -0.25) is 4.79 Å². The van der Waals surface area contributed by atoms with Crippen LogP contribution in [0.5, 0.6) is 0 Å². The number of anilines is 2. The summed E-state index contributed by atoms with van der Waals surface area (Å²) in [6, 6.07) is 1.76. The smallest absolute Gasteiger partial charge is 0.263 e. The molecule has 0 saturated carbocycles. The number of thiophene rings is 1. The van der Waals surface area contributed by atoms with Gasteiger partial charge in [0.15, 0.2) is 5.82 Å². The average molecular weight is 295 g/mol. The summed E-state index contributed by atoms with van der Waals surface area (Å²) in [5.74, 6) is 1.07. The quantitative estimate of drug-likeness (QED) is 0.744. The second-order valence-corrected chi connectivity index (χ2v) is 5.21. The fourth-order valence-corrected chi connectivity index (χ4v) is 2.57. The minimum absolute atomic E-state index is 0.142. The molecule has 1 amide bonds. The van der Waals surface area contributed by atoms with Crippen LogP contribution in [0.2, 0.25) is 0 Å². The Morgan fingerprint density at radius 2 is 2.35 bits per heavy atom. The summed E-state index contributed by atoms with van der Waals surface area (Å²) in [5.41, 5.74) is 6.31. The Hall–Kier alpha value is -2.09. The topological polar surface area (TPSA) is 106 Å². The Morgan fingerprint density at radius 3 is 3.00 bits per heavy atom. The third-order valence-corrected chi connectivity index (χ3v) is 3.63. The van der Waals surface area contributed by atoms with Gasteiger partial charge in [0.1, 0.15) is 4.88 Å². The molecule has 0 unspecified atom stereocenters. The first-order chi connectivity index (χ1) is 9.60. The molecule has 7 nitrogen and oxygen atoms in total. The van der Waals surface area contributed by atoms with E-state index in [4.69, 9.17) is 10.3 Å². The number of carbonyl (C=O) groups excluding carboxylic acids is 1. The largest absolute Gasteiger partial charge is 0.397 e. The van der Waals surface area contributed by atoms with Crippen molar-refractivity contribution < 1.29 is 9.32 Å². The van der Waals surface area contributed by atoms with Crippen LogP contribution in [0.15, 0.2) is 10.6 Å². The summed E-state index contributed by atoms with van der Waals surface area (Å²) in [7, 11) is 0. The third kappa shape index (κ3) is 3.47. The van der Waals surface area contributed by atoms with E-state index in [0.29, 0.717) is 41.8 Å². The van der Waals surface area contributed by atoms with Gasteiger partial charge in [-0.25, -0.2) is 0 Å². The van der Waals surface area contributed by atoms with Gasteiger partial charge >= 0.3 is 0 Å². The molecule has 0 aliphatic heterocycles. The van der Waals surface area contributed by atoms with E-state index in [-0.39, 0.29) is 5.91 Å². The van der Waals surface area contributed by atoms with Gasteiger partial charge in [0.05, 0.1) is 10.7 Å². The lowest BCUT2D eigenvalue weighted by Crippen LogP contribution is -2.22. The third-order valence-electron chi connectivity index (χ3n) is 2.52. The van der Waals surface area contributed by atoms with Gasteiger partial charge < -0.3 is 20.9 Å². The number of nitrogen functional groups attached to an aromatic ring is 1. The molecule has 0 aliphatic carbocycles. The first kappa shape index (κ1) is 14.3. The average Bonchev–Trinajstić information content (AvgIpc) is 2.96. The number of nitrogens with two attached hydrogens (primary N) is 1. The van der Waals surface area contributed by atoms with Crippen molar-refractivity contribution in [2.45, 2.75) is 20.3 Å². The number of amides is 1. The molecule has 0 fully saturated rings. The summed E-state index contributed by atoms with van der Waals surface area (Å²) < 4.78 is 4.89. The van der Waals surface area contributed by atoms with Crippen LogP contribution in [0.3, 0.4) is 0 Å².